The Morgan fingerprint density at radius 3 is 2.19 bits per heavy atom. The standard InChI is InChI=1S/C20H30N2O8Si/c1-20(2,3)31(6,7)30-14-8-9-21(17(14)19(24)25)18(23)12-10-15(28-4)16(29-5)11-13(12)22(26)27/h10-11,14,17H,8-9H2,1-7H3,(H,24,25)/t14-,17-/m0/s1. The van der Waals surface area contributed by atoms with Crippen LogP contribution in [0.3, 0.4) is 0 Å². The molecule has 2 rings (SSSR count). The van der Waals surface area contributed by atoms with Crippen LogP contribution < -0.4 is 9.47 Å². The van der Waals surface area contributed by atoms with Gasteiger partial charge >= 0.3 is 5.97 Å². The molecule has 0 unspecified atom stereocenters. The minimum absolute atomic E-state index is 0.0982. The van der Waals surface area contributed by atoms with Crippen molar-refractivity contribution in [1.82, 2.24) is 4.90 Å². The van der Waals surface area contributed by atoms with Gasteiger partial charge in [-0.1, -0.05) is 20.8 Å². The molecule has 11 heteroatoms. The SMILES string of the molecule is COc1cc(C(=O)N2CC[C@H](O[Si](C)(C)C(C)(C)C)[C@H]2C(=O)O)c([N+](=O)[O-])cc1OC. The van der Waals surface area contributed by atoms with Crippen LogP contribution in [0.15, 0.2) is 12.1 Å². The van der Waals surface area contributed by atoms with E-state index in [0.29, 0.717) is 6.42 Å². The highest BCUT2D eigenvalue weighted by Crippen LogP contribution is 2.40. The van der Waals surface area contributed by atoms with E-state index >= 15 is 0 Å². The fourth-order valence-electron chi connectivity index (χ4n) is 3.31. The highest BCUT2D eigenvalue weighted by molar-refractivity contribution is 6.74. The number of ether oxygens (including phenoxy) is 2. The van der Waals surface area contributed by atoms with Crippen molar-refractivity contribution in [1.29, 1.82) is 0 Å². The highest BCUT2D eigenvalue weighted by Gasteiger charge is 2.48. The number of benzene rings is 1. The Morgan fingerprint density at radius 2 is 1.74 bits per heavy atom. The number of hydrogen-bond donors (Lipinski definition) is 1. The number of amides is 1. The Bertz CT molecular complexity index is 881. The van der Waals surface area contributed by atoms with Crippen LogP contribution in [-0.4, -0.2) is 68.0 Å². The molecule has 10 nitrogen and oxygen atoms in total. The van der Waals surface area contributed by atoms with Crippen molar-refractivity contribution in [3.8, 4) is 11.5 Å². The third-order valence-electron chi connectivity index (χ3n) is 6.04. The van der Waals surface area contributed by atoms with Gasteiger partial charge in [-0.2, -0.15) is 0 Å². The van der Waals surface area contributed by atoms with Crippen molar-refractivity contribution in [2.24, 2.45) is 0 Å². The van der Waals surface area contributed by atoms with Gasteiger partial charge in [0.2, 0.25) is 0 Å². The van der Waals surface area contributed by atoms with Crippen LogP contribution in [0.5, 0.6) is 11.5 Å². The summed E-state index contributed by atoms with van der Waals surface area (Å²) in [5, 5.41) is 21.3. The highest BCUT2D eigenvalue weighted by atomic mass is 28.4. The number of hydrogen-bond acceptors (Lipinski definition) is 7. The Labute approximate surface area is 182 Å². The molecule has 1 heterocycles. The van der Waals surface area contributed by atoms with E-state index in [2.05, 4.69) is 0 Å². The largest absolute Gasteiger partial charge is 0.493 e. The monoisotopic (exact) mass is 454 g/mol. The van der Waals surface area contributed by atoms with Crippen molar-refractivity contribution in [2.45, 2.75) is 57.5 Å². The number of carboxylic acids is 1. The molecule has 1 amide bonds. The molecular formula is C20H30N2O8Si. The molecule has 2 atom stereocenters. The Kier molecular flexibility index (Phi) is 7.01. The topological polar surface area (TPSA) is 128 Å². The molecule has 31 heavy (non-hydrogen) atoms. The fraction of sp³-hybridized carbons (Fsp3) is 0.600. The fourth-order valence-corrected chi connectivity index (χ4v) is 4.67. The molecule has 1 aliphatic rings. The summed E-state index contributed by atoms with van der Waals surface area (Å²) in [6.45, 7) is 10.3. The first kappa shape index (κ1) is 24.6. The average molecular weight is 455 g/mol. The summed E-state index contributed by atoms with van der Waals surface area (Å²) in [6, 6.07) is 1.07. The summed E-state index contributed by atoms with van der Waals surface area (Å²) in [4.78, 5) is 37.4. The lowest BCUT2D eigenvalue weighted by Crippen LogP contribution is -2.51. The van der Waals surface area contributed by atoms with Gasteiger partial charge in [0.1, 0.15) is 5.56 Å². The number of aliphatic carboxylic acids is 1. The number of likely N-dealkylation sites (tertiary alicyclic amines) is 1. The minimum atomic E-state index is -2.30. The Balaban J connectivity index is 2.45. The van der Waals surface area contributed by atoms with E-state index in [0.717, 1.165) is 11.0 Å². The summed E-state index contributed by atoms with van der Waals surface area (Å²) in [6.07, 6.45) is -0.363. The van der Waals surface area contributed by atoms with E-state index in [1.807, 2.05) is 33.9 Å². The molecule has 1 N–H and O–H groups in total. The van der Waals surface area contributed by atoms with Gasteiger partial charge in [0.05, 0.1) is 31.3 Å². The van der Waals surface area contributed by atoms with Gasteiger partial charge < -0.3 is 23.9 Å². The summed E-state index contributed by atoms with van der Waals surface area (Å²) in [5.74, 6) is -1.74. The van der Waals surface area contributed by atoms with Gasteiger partial charge in [-0.15, -0.1) is 0 Å². The molecule has 1 aromatic rings. The predicted octanol–water partition coefficient (Wildman–Crippen LogP) is 3.30. The number of nitrogens with zero attached hydrogens (tertiary/aromatic N) is 2. The average Bonchev–Trinajstić information content (AvgIpc) is 3.08. The van der Waals surface area contributed by atoms with E-state index in [4.69, 9.17) is 13.9 Å². The Morgan fingerprint density at radius 1 is 1.19 bits per heavy atom. The maximum absolute atomic E-state index is 13.3. The van der Waals surface area contributed by atoms with E-state index in [1.54, 1.807) is 0 Å². The van der Waals surface area contributed by atoms with Crippen LogP contribution in [0.25, 0.3) is 0 Å². The smallest absolute Gasteiger partial charge is 0.329 e. The normalized spacial score (nSPS) is 19.3. The summed E-state index contributed by atoms with van der Waals surface area (Å²) < 4.78 is 16.6. The molecule has 0 radical (unpaired) electrons. The molecular weight excluding hydrogens is 424 g/mol. The summed E-state index contributed by atoms with van der Waals surface area (Å²) >= 11 is 0. The van der Waals surface area contributed by atoms with Crippen LogP contribution in [0, 0.1) is 10.1 Å². The van der Waals surface area contributed by atoms with Gasteiger partial charge in [0.15, 0.2) is 25.9 Å². The molecule has 0 aromatic heterocycles. The number of nitro groups is 1. The van der Waals surface area contributed by atoms with Gasteiger partial charge in [-0.05, 0) is 24.6 Å². The number of rotatable bonds is 7. The van der Waals surface area contributed by atoms with Crippen LogP contribution >= 0.6 is 0 Å². The van der Waals surface area contributed by atoms with Crippen molar-refractivity contribution in [3.63, 3.8) is 0 Å². The van der Waals surface area contributed by atoms with E-state index in [9.17, 15) is 24.8 Å². The molecule has 1 aromatic carbocycles. The predicted molar refractivity (Wildman–Crippen MR) is 115 cm³/mol. The number of carboxylic acid groups (broad SMARTS) is 1. The van der Waals surface area contributed by atoms with Crippen molar-refractivity contribution < 1.29 is 33.5 Å². The number of carbonyl (C=O) groups excluding carboxylic acids is 1. The van der Waals surface area contributed by atoms with Crippen LogP contribution in [0.4, 0.5) is 5.69 Å². The molecule has 1 saturated heterocycles. The van der Waals surface area contributed by atoms with E-state index in [1.165, 1.54) is 20.3 Å². The van der Waals surface area contributed by atoms with Crippen LogP contribution in [0.2, 0.25) is 18.1 Å². The quantitative estimate of drug-likeness (QED) is 0.377. The molecule has 172 valence electrons. The third-order valence-corrected chi connectivity index (χ3v) is 10.5. The Hall–Kier alpha value is -2.66. The molecule has 1 fully saturated rings. The lowest BCUT2D eigenvalue weighted by Gasteiger charge is -2.39. The molecule has 1 aliphatic heterocycles. The number of carbonyl (C=O) groups is 2. The first-order chi connectivity index (χ1) is 14.2. The molecule has 0 aliphatic carbocycles. The van der Waals surface area contributed by atoms with E-state index < -0.39 is 43.0 Å². The number of methoxy groups -OCH3 is 2. The van der Waals surface area contributed by atoms with Crippen LogP contribution in [0.1, 0.15) is 37.6 Å². The number of nitro benzene ring substituents is 1. The van der Waals surface area contributed by atoms with Gasteiger partial charge in [0, 0.05) is 12.6 Å². The lowest BCUT2D eigenvalue weighted by molar-refractivity contribution is -0.385. The lowest BCUT2D eigenvalue weighted by atomic mass is 10.1. The maximum Gasteiger partial charge on any atom is 0.329 e. The zero-order chi connectivity index (χ0) is 23.7. The first-order valence-corrected chi connectivity index (χ1v) is 12.8. The molecule has 0 spiro atoms. The first-order valence-electron chi connectivity index (χ1n) is 9.87. The van der Waals surface area contributed by atoms with Crippen molar-refractivity contribution in [3.05, 3.63) is 27.8 Å². The minimum Gasteiger partial charge on any atom is -0.493 e. The van der Waals surface area contributed by atoms with Gasteiger partial charge in [0.25, 0.3) is 11.6 Å². The second-order valence-corrected chi connectivity index (χ2v) is 13.7. The summed E-state index contributed by atoms with van der Waals surface area (Å²) in [5.41, 5.74) is -0.748. The van der Waals surface area contributed by atoms with E-state index in [-0.39, 0.29) is 28.6 Å². The third kappa shape index (κ3) is 4.82. The van der Waals surface area contributed by atoms with Crippen molar-refractivity contribution in [2.75, 3.05) is 20.8 Å². The zero-order valence-electron chi connectivity index (χ0n) is 18.9. The van der Waals surface area contributed by atoms with Crippen molar-refractivity contribution >= 4 is 25.9 Å². The zero-order valence-corrected chi connectivity index (χ0v) is 19.9. The van der Waals surface area contributed by atoms with Gasteiger partial charge in [-0.3, -0.25) is 14.9 Å². The molecule has 0 saturated carbocycles. The van der Waals surface area contributed by atoms with Gasteiger partial charge in [-0.25, -0.2) is 4.79 Å². The second-order valence-electron chi connectivity index (χ2n) is 8.97. The maximum atomic E-state index is 13.3. The summed E-state index contributed by atoms with van der Waals surface area (Å²) in [7, 11) is 0.367. The second kappa shape index (κ2) is 8.83. The van der Waals surface area contributed by atoms with Crippen LogP contribution in [-0.2, 0) is 9.22 Å². The molecule has 0 bridgehead atoms.